The van der Waals surface area contributed by atoms with Crippen LogP contribution in [0.4, 0.5) is 10.6 Å². The second kappa shape index (κ2) is 12.2. The Kier molecular flexibility index (Phi) is 8.48. The molecule has 1 unspecified atom stereocenters. The first kappa shape index (κ1) is 29.1. The maximum atomic E-state index is 12.8. The molecule has 220 valence electrons. The van der Waals surface area contributed by atoms with Crippen LogP contribution >= 0.6 is 11.3 Å². The number of hydrogen-bond donors (Lipinski definition) is 1. The largest absolute Gasteiger partial charge is 0.461 e. The summed E-state index contributed by atoms with van der Waals surface area (Å²) in [6.45, 7) is 8.62. The van der Waals surface area contributed by atoms with Crippen LogP contribution in [0.15, 0.2) is 42.9 Å². The SMILES string of the molecule is CCOC(=O)c1nnc(-c2cnc(-c3cccc(-c4cnn(C)c4)c3)nc2NC2CCCN(C(=O)OC(C)(C)C)C2)s1. The molecule has 1 atom stereocenters. The minimum absolute atomic E-state index is 0.0908. The third-order valence-electron chi connectivity index (χ3n) is 6.47. The van der Waals surface area contributed by atoms with E-state index in [9.17, 15) is 9.59 Å². The Morgan fingerprint density at radius 2 is 1.95 bits per heavy atom. The second-order valence-electron chi connectivity index (χ2n) is 11.0. The summed E-state index contributed by atoms with van der Waals surface area (Å²) >= 11 is 1.12. The Labute approximate surface area is 248 Å². The lowest BCUT2D eigenvalue weighted by atomic mass is 10.1. The molecule has 1 saturated heterocycles. The predicted molar refractivity (Wildman–Crippen MR) is 159 cm³/mol. The number of carbonyl (C=O) groups excluding carboxylic acids is 2. The topological polar surface area (TPSA) is 137 Å². The molecule has 3 aromatic heterocycles. The van der Waals surface area contributed by atoms with Crippen molar-refractivity contribution in [1.29, 1.82) is 0 Å². The monoisotopic (exact) mass is 590 g/mol. The van der Waals surface area contributed by atoms with E-state index >= 15 is 0 Å². The standard InChI is InChI=1S/C29H34N8O4S/c1-6-40-27(38)26-35-34-25(42-26)22-15-30-23(19-10-7-9-18(13-19)20-14-31-36(5)16-20)33-24(22)32-21-11-8-12-37(17-21)28(39)41-29(2,3)4/h7,9-10,13-16,21H,6,8,11-12,17H2,1-5H3,(H,30,32,33). The number of ether oxygens (including phenoxy) is 2. The second-order valence-corrected chi connectivity index (χ2v) is 12.0. The summed E-state index contributed by atoms with van der Waals surface area (Å²) in [5.41, 5.74) is 2.83. The molecule has 1 amide bonds. The highest BCUT2D eigenvalue weighted by molar-refractivity contribution is 7.16. The first-order valence-electron chi connectivity index (χ1n) is 13.8. The van der Waals surface area contributed by atoms with Crippen molar-refractivity contribution in [2.24, 2.45) is 7.05 Å². The van der Waals surface area contributed by atoms with Gasteiger partial charge in [-0.2, -0.15) is 5.10 Å². The van der Waals surface area contributed by atoms with Gasteiger partial charge in [0, 0.05) is 49.7 Å². The molecule has 1 aliphatic heterocycles. The molecule has 12 nitrogen and oxygen atoms in total. The van der Waals surface area contributed by atoms with Gasteiger partial charge in [-0.05, 0) is 52.2 Å². The molecular formula is C29H34N8O4S. The van der Waals surface area contributed by atoms with Crippen molar-refractivity contribution in [2.75, 3.05) is 25.0 Å². The highest BCUT2D eigenvalue weighted by Crippen LogP contribution is 2.33. The number of hydrogen-bond acceptors (Lipinski definition) is 11. The van der Waals surface area contributed by atoms with E-state index in [2.05, 4.69) is 25.6 Å². The molecule has 4 heterocycles. The van der Waals surface area contributed by atoms with Crippen LogP contribution in [0.2, 0.25) is 0 Å². The van der Waals surface area contributed by atoms with Gasteiger partial charge < -0.3 is 19.7 Å². The Bertz CT molecular complexity index is 1580. The van der Waals surface area contributed by atoms with E-state index in [1.807, 2.05) is 64.5 Å². The number of likely N-dealkylation sites (tertiary alicyclic amines) is 1. The summed E-state index contributed by atoms with van der Waals surface area (Å²) in [5, 5.41) is 16.7. The van der Waals surface area contributed by atoms with E-state index in [1.165, 1.54) is 0 Å². The number of carbonyl (C=O) groups is 2. The van der Waals surface area contributed by atoms with Gasteiger partial charge in [-0.3, -0.25) is 4.68 Å². The minimum Gasteiger partial charge on any atom is -0.461 e. The average Bonchev–Trinajstić information content (AvgIpc) is 3.62. The number of aryl methyl sites for hydroxylation is 1. The summed E-state index contributed by atoms with van der Waals surface area (Å²) in [5.74, 6) is 0.525. The number of piperidine rings is 1. The van der Waals surface area contributed by atoms with E-state index < -0.39 is 11.6 Å². The molecule has 42 heavy (non-hydrogen) atoms. The number of benzene rings is 1. The van der Waals surface area contributed by atoms with E-state index in [-0.39, 0.29) is 23.7 Å². The molecule has 1 N–H and O–H groups in total. The lowest BCUT2D eigenvalue weighted by Crippen LogP contribution is -2.47. The Morgan fingerprint density at radius 3 is 2.69 bits per heavy atom. The van der Waals surface area contributed by atoms with E-state index in [0.29, 0.717) is 35.3 Å². The van der Waals surface area contributed by atoms with Crippen LogP contribution in [0.25, 0.3) is 33.1 Å². The maximum Gasteiger partial charge on any atom is 0.410 e. The van der Waals surface area contributed by atoms with E-state index in [0.717, 1.165) is 40.9 Å². The number of rotatable bonds is 7. The average molecular weight is 591 g/mol. The predicted octanol–water partition coefficient (Wildman–Crippen LogP) is 5.05. The van der Waals surface area contributed by atoms with Gasteiger partial charge in [-0.15, -0.1) is 10.2 Å². The van der Waals surface area contributed by atoms with E-state index in [1.54, 1.807) is 22.7 Å². The van der Waals surface area contributed by atoms with Gasteiger partial charge in [0.2, 0.25) is 5.01 Å². The van der Waals surface area contributed by atoms with Crippen molar-refractivity contribution < 1.29 is 19.1 Å². The Morgan fingerprint density at radius 1 is 1.14 bits per heavy atom. The van der Waals surface area contributed by atoms with E-state index in [4.69, 9.17) is 14.5 Å². The summed E-state index contributed by atoms with van der Waals surface area (Å²) in [6, 6.07) is 7.85. The first-order valence-corrected chi connectivity index (χ1v) is 14.6. The van der Waals surface area contributed by atoms with Crippen molar-refractivity contribution >= 4 is 29.2 Å². The fourth-order valence-electron chi connectivity index (χ4n) is 4.58. The van der Waals surface area contributed by atoms with Gasteiger partial charge >= 0.3 is 12.1 Å². The van der Waals surface area contributed by atoms with Gasteiger partial charge in [0.05, 0.1) is 18.4 Å². The van der Waals surface area contributed by atoms with Crippen molar-refractivity contribution in [1.82, 2.24) is 34.8 Å². The number of amides is 1. The molecular weight excluding hydrogens is 556 g/mol. The summed E-state index contributed by atoms with van der Waals surface area (Å²) < 4.78 is 12.5. The molecule has 4 aromatic rings. The summed E-state index contributed by atoms with van der Waals surface area (Å²) in [7, 11) is 1.88. The van der Waals surface area contributed by atoms with Gasteiger partial charge in [0.15, 0.2) is 10.8 Å². The fourth-order valence-corrected chi connectivity index (χ4v) is 5.33. The van der Waals surface area contributed by atoms with Gasteiger partial charge in [-0.1, -0.05) is 29.5 Å². The number of anilines is 1. The van der Waals surface area contributed by atoms with Crippen LogP contribution in [-0.2, 0) is 16.5 Å². The molecule has 0 saturated carbocycles. The molecule has 13 heteroatoms. The quantitative estimate of drug-likeness (QED) is 0.291. The van der Waals surface area contributed by atoms with Crippen molar-refractivity contribution in [3.63, 3.8) is 0 Å². The summed E-state index contributed by atoms with van der Waals surface area (Å²) in [6.07, 6.45) is 6.75. The van der Waals surface area contributed by atoms with Gasteiger partial charge in [-0.25, -0.2) is 19.6 Å². The lowest BCUT2D eigenvalue weighted by molar-refractivity contribution is 0.0206. The minimum atomic E-state index is -0.578. The van der Waals surface area contributed by atoms with Crippen molar-refractivity contribution in [3.05, 3.63) is 47.9 Å². The maximum absolute atomic E-state index is 12.8. The third kappa shape index (κ3) is 6.90. The highest BCUT2D eigenvalue weighted by atomic mass is 32.1. The zero-order valence-corrected chi connectivity index (χ0v) is 25.1. The van der Waals surface area contributed by atoms with Gasteiger partial charge in [0.1, 0.15) is 11.4 Å². The van der Waals surface area contributed by atoms with Crippen LogP contribution in [0, 0.1) is 0 Å². The number of nitrogens with one attached hydrogen (secondary N) is 1. The number of nitrogens with zero attached hydrogens (tertiary/aromatic N) is 7. The zero-order valence-electron chi connectivity index (χ0n) is 24.3. The fraction of sp³-hybridized carbons (Fsp3) is 0.414. The molecule has 0 radical (unpaired) electrons. The highest BCUT2D eigenvalue weighted by Gasteiger charge is 2.29. The smallest absolute Gasteiger partial charge is 0.410 e. The van der Waals surface area contributed by atoms with Crippen LogP contribution in [0.5, 0.6) is 0 Å². The molecule has 1 aliphatic rings. The normalized spacial score (nSPS) is 15.4. The molecule has 0 aliphatic carbocycles. The Balaban J connectivity index is 1.47. The Hall–Kier alpha value is -4.39. The van der Waals surface area contributed by atoms with Crippen molar-refractivity contribution in [3.8, 4) is 33.1 Å². The first-order chi connectivity index (χ1) is 20.1. The van der Waals surface area contributed by atoms with Crippen LogP contribution < -0.4 is 5.32 Å². The van der Waals surface area contributed by atoms with Gasteiger partial charge in [0.25, 0.3) is 0 Å². The van der Waals surface area contributed by atoms with Crippen LogP contribution in [0.1, 0.15) is 50.3 Å². The van der Waals surface area contributed by atoms with Crippen LogP contribution in [0.3, 0.4) is 0 Å². The number of aromatic nitrogens is 6. The molecule has 1 fully saturated rings. The molecule has 0 bridgehead atoms. The zero-order chi connectivity index (χ0) is 29.9. The summed E-state index contributed by atoms with van der Waals surface area (Å²) in [4.78, 5) is 36.4. The molecule has 1 aromatic carbocycles. The number of esters is 1. The van der Waals surface area contributed by atoms with Crippen molar-refractivity contribution in [2.45, 2.75) is 52.2 Å². The lowest BCUT2D eigenvalue weighted by Gasteiger charge is -2.34. The van der Waals surface area contributed by atoms with Crippen LogP contribution in [-0.4, -0.2) is 78.2 Å². The third-order valence-corrected chi connectivity index (χ3v) is 7.40. The molecule has 0 spiro atoms. The molecule has 5 rings (SSSR count).